The number of benzene rings is 6. The molecule has 0 fully saturated rings. The average molecular weight is 753 g/mol. The smallest absolute Gasteiger partial charge is 0.423 e. The monoisotopic (exact) mass is 752 g/mol. The second-order valence-electron chi connectivity index (χ2n) is 14.9. The minimum Gasteiger partial charge on any atom is -0.423 e. The summed E-state index contributed by atoms with van der Waals surface area (Å²) in [5, 5.41) is 45.5. The molecule has 0 radical (unpaired) electrons. The molecule has 10 heteroatoms. The molecule has 0 aliphatic carbocycles. The first-order valence-corrected chi connectivity index (χ1v) is 19.8. The Balaban J connectivity index is 1.05. The molecule has 4 N–H and O–H groups in total. The Labute approximate surface area is 334 Å². The van der Waals surface area contributed by atoms with E-state index in [9.17, 15) is 20.1 Å². The zero-order valence-corrected chi connectivity index (χ0v) is 32.0. The third kappa shape index (κ3) is 8.77. The standard InChI is InChI=1S/C47H46B2N4O4/c54-48(55)42-22-8-2-16-34(42)30-52(32-40-36-18-4-10-24-44(36)50-45-25-11-5-19-37(40)45)28-14-1-15-29-53(31-35-17-3-9-23-43(35)49(56)57)33-41-38-20-6-12-26-46(38)51-47-27-13-7-21-39(41)47/h2-13,16-27,54-57H,1,14-15,28-33H2. The number of unbranched alkanes of at least 4 members (excludes halogenated alkanes) is 2. The first-order chi connectivity index (χ1) is 27.9. The van der Waals surface area contributed by atoms with Gasteiger partial charge in [0.1, 0.15) is 0 Å². The number of rotatable bonds is 16. The fraction of sp³-hybridized carbons (Fsp3) is 0.191. The van der Waals surface area contributed by atoms with Crippen LogP contribution in [0.2, 0.25) is 0 Å². The summed E-state index contributed by atoms with van der Waals surface area (Å²) in [5.41, 5.74) is 9.09. The number of hydrogen-bond acceptors (Lipinski definition) is 8. The molecule has 0 bridgehead atoms. The van der Waals surface area contributed by atoms with Crippen molar-refractivity contribution in [3.63, 3.8) is 0 Å². The molecular weight excluding hydrogens is 706 g/mol. The predicted molar refractivity (Wildman–Crippen MR) is 233 cm³/mol. The summed E-state index contributed by atoms with van der Waals surface area (Å²) in [7, 11) is -3.10. The lowest BCUT2D eigenvalue weighted by atomic mass is 9.77. The highest BCUT2D eigenvalue weighted by Crippen LogP contribution is 2.30. The third-order valence-corrected chi connectivity index (χ3v) is 11.1. The first kappa shape index (κ1) is 38.4. The molecule has 8 aromatic rings. The van der Waals surface area contributed by atoms with Crippen molar-refractivity contribution in [3.8, 4) is 0 Å². The minimum atomic E-state index is -1.55. The quantitative estimate of drug-likeness (QED) is 0.0516. The molecule has 0 saturated carbocycles. The summed E-state index contributed by atoms with van der Waals surface area (Å²) < 4.78 is 0. The van der Waals surface area contributed by atoms with E-state index in [4.69, 9.17) is 9.97 Å². The van der Waals surface area contributed by atoms with Crippen LogP contribution in [0.15, 0.2) is 146 Å². The van der Waals surface area contributed by atoms with Crippen molar-refractivity contribution in [2.45, 2.75) is 45.4 Å². The predicted octanol–water partition coefficient (Wildman–Crippen LogP) is 6.32. The molecular formula is C47H46B2N4O4. The maximum Gasteiger partial charge on any atom is 0.488 e. The van der Waals surface area contributed by atoms with E-state index in [0.717, 1.165) is 87.1 Å². The number of para-hydroxylation sites is 4. The Morgan fingerprint density at radius 3 is 1.04 bits per heavy atom. The van der Waals surface area contributed by atoms with Crippen molar-refractivity contribution >= 4 is 68.8 Å². The largest absolute Gasteiger partial charge is 0.488 e. The van der Waals surface area contributed by atoms with Gasteiger partial charge in [-0.2, -0.15) is 0 Å². The van der Waals surface area contributed by atoms with Crippen LogP contribution >= 0.6 is 0 Å². The lowest BCUT2D eigenvalue weighted by Gasteiger charge is -2.27. The van der Waals surface area contributed by atoms with Crippen LogP contribution in [0.25, 0.3) is 43.6 Å². The molecule has 2 heterocycles. The molecule has 0 unspecified atom stereocenters. The highest BCUT2D eigenvalue weighted by molar-refractivity contribution is 6.59. The van der Waals surface area contributed by atoms with Gasteiger partial charge < -0.3 is 20.1 Å². The molecule has 0 amide bonds. The Morgan fingerprint density at radius 1 is 0.368 bits per heavy atom. The summed E-state index contributed by atoms with van der Waals surface area (Å²) >= 11 is 0. The van der Waals surface area contributed by atoms with Gasteiger partial charge in [0.15, 0.2) is 0 Å². The molecule has 6 aromatic carbocycles. The van der Waals surface area contributed by atoms with Gasteiger partial charge in [-0.25, -0.2) is 9.97 Å². The third-order valence-electron chi connectivity index (χ3n) is 11.1. The van der Waals surface area contributed by atoms with Crippen LogP contribution in [0, 0.1) is 0 Å². The van der Waals surface area contributed by atoms with E-state index >= 15 is 0 Å². The van der Waals surface area contributed by atoms with E-state index in [-0.39, 0.29) is 0 Å². The van der Waals surface area contributed by atoms with Gasteiger partial charge in [0, 0.05) is 47.7 Å². The molecule has 0 aliphatic heterocycles. The zero-order chi connectivity index (χ0) is 39.1. The lowest BCUT2D eigenvalue weighted by Crippen LogP contribution is -2.36. The second-order valence-corrected chi connectivity index (χ2v) is 14.9. The zero-order valence-electron chi connectivity index (χ0n) is 32.0. The van der Waals surface area contributed by atoms with Gasteiger partial charge in [-0.05, 0) is 83.4 Å². The van der Waals surface area contributed by atoms with Crippen LogP contribution in [0.1, 0.15) is 41.5 Å². The second kappa shape index (κ2) is 17.8. The van der Waals surface area contributed by atoms with Crippen molar-refractivity contribution in [3.05, 3.63) is 168 Å². The van der Waals surface area contributed by atoms with E-state index in [1.807, 2.05) is 60.7 Å². The van der Waals surface area contributed by atoms with Crippen LogP contribution in [-0.2, 0) is 26.2 Å². The topological polar surface area (TPSA) is 113 Å². The van der Waals surface area contributed by atoms with Crippen LogP contribution < -0.4 is 10.9 Å². The maximum atomic E-state index is 10.3. The van der Waals surface area contributed by atoms with E-state index < -0.39 is 14.2 Å². The number of nitrogens with zero attached hydrogens (tertiary/aromatic N) is 4. The highest BCUT2D eigenvalue weighted by Gasteiger charge is 2.21. The molecule has 0 spiro atoms. The summed E-state index contributed by atoms with van der Waals surface area (Å²) in [5.74, 6) is 0. The number of fused-ring (bicyclic) bond motifs is 4. The summed E-state index contributed by atoms with van der Waals surface area (Å²) in [6.07, 6.45) is 2.84. The Morgan fingerprint density at radius 2 is 0.684 bits per heavy atom. The van der Waals surface area contributed by atoms with Crippen LogP contribution in [0.4, 0.5) is 0 Å². The van der Waals surface area contributed by atoms with Gasteiger partial charge >= 0.3 is 14.2 Å². The van der Waals surface area contributed by atoms with Crippen molar-refractivity contribution in [1.82, 2.24) is 19.8 Å². The lowest BCUT2D eigenvalue weighted by molar-refractivity contribution is 0.235. The Kier molecular flexibility index (Phi) is 12.0. The fourth-order valence-electron chi connectivity index (χ4n) is 8.26. The van der Waals surface area contributed by atoms with Gasteiger partial charge in [0.2, 0.25) is 0 Å². The van der Waals surface area contributed by atoms with Gasteiger partial charge in [-0.1, -0.05) is 128 Å². The van der Waals surface area contributed by atoms with Crippen LogP contribution in [0.5, 0.6) is 0 Å². The van der Waals surface area contributed by atoms with E-state index in [2.05, 4.69) is 82.6 Å². The van der Waals surface area contributed by atoms with Gasteiger partial charge in [-0.3, -0.25) is 9.80 Å². The van der Waals surface area contributed by atoms with Crippen molar-refractivity contribution in [1.29, 1.82) is 0 Å². The summed E-state index contributed by atoms with van der Waals surface area (Å²) in [4.78, 5) is 14.8. The molecule has 0 atom stereocenters. The van der Waals surface area contributed by atoms with Crippen molar-refractivity contribution in [2.75, 3.05) is 13.1 Å². The molecule has 8 rings (SSSR count). The molecule has 2 aromatic heterocycles. The van der Waals surface area contributed by atoms with Crippen LogP contribution in [0.3, 0.4) is 0 Å². The summed E-state index contributed by atoms with van der Waals surface area (Å²) in [6, 6.07) is 48.3. The Hall–Kier alpha value is -5.45. The minimum absolute atomic E-state index is 0.520. The van der Waals surface area contributed by atoms with Gasteiger partial charge in [0.05, 0.1) is 22.1 Å². The van der Waals surface area contributed by atoms with Crippen molar-refractivity contribution < 1.29 is 20.1 Å². The average Bonchev–Trinajstić information content (AvgIpc) is 3.23. The number of hydrogen-bond donors (Lipinski definition) is 4. The fourth-order valence-corrected chi connectivity index (χ4v) is 8.26. The highest BCUT2D eigenvalue weighted by atomic mass is 16.4. The van der Waals surface area contributed by atoms with E-state index in [0.29, 0.717) is 37.1 Å². The van der Waals surface area contributed by atoms with E-state index in [1.165, 1.54) is 11.1 Å². The molecule has 0 aliphatic rings. The van der Waals surface area contributed by atoms with Crippen LogP contribution in [-0.4, -0.2) is 67.2 Å². The SMILES string of the molecule is OB(O)c1ccccc1CN(CCCCCN(Cc1ccccc1B(O)O)Cc1c2ccccc2nc2ccccc12)Cc1c2ccccc2nc2ccccc12. The van der Waals surface area contributed by atoms with Gasteiger partial charge in [0.25, 0.3) is 0 Å². The molecule has 8 nitrogen and oxygen atoms in total. The van der Waals surface area contributed by atoms with E-state index in [1.54, 1.807) is 12.1 Å². The van der Waals surface area contributed by atoms with Gasteiger partial charge in [-0.15, -0.1) is 0 Å². The number of pyridine rings is 2. The maximum absolute atomic E-state index is 10.3. The first-order valence-electron chi connectivity index (χ1n) is 19.8. The normalized spacial score (nSPS) is 11.8. The Bertz CT molecular complexity index is 2350. The summed E-state index contributed by atoms with van der Waals surface area (Å²) in [6.45, 7) is 4.09. The molecule has 57 heavy (non-hydrogen) atoms. The molecule has 284 valence electrons. The molecule has 0 saturated heterocycles. The number of aromatic nitrogens is 2. The van der Waals surface area contributed by atoms with Crippen molar-refractivity contribution in [2.24, 2.45) is 0 Å².